The normalized spacial score (nSPS) is 23.2. The number of hydrogen-bond donors (Lipinski definition) is 1. The number of nitrogens with zero attached hydrogens (tertiary/aromatic N) is 1. The average Bonchev–Trinajstić information content (AvgIpc) is 2.70. The molecule has 1 aromatic rings. The Morgan fingerprint density at radius 3 is 2.89 bits per heavy atom. The maximum absolute atomic E-state index is 3.83. The molecule has 0 saturated carbocycles. The van der Waals surface area contributed by atoms with Gasteiger partial charge in [-0.05, 0) is 71.3 Å². The van der Waals surface area contributed by atoms with E-state index in [2.05, 4.69) is 43.1 Å². The molecule has 1 fully saturated rings. The topological polar surface area (TPSA) is 15.3 Å². The van der Waals surface area contributed by atoms with E-state index in [9.17, 15) is 0 Å². The molecule has 2 unspecified atom stereocenters. The highest BCUT2D eigenvalue weighted by Gasteiger charge is 2.18. The third-order valence-electron chi connectivity index (χ3n) is 4.03. The zero-order valence-corrected chi connectivity index (χ0v) is 13.4. The first-order valence-corrected chi connectivity index (χ1v) is 8.55. The number of thiophene rings is 1. The average molecular weight is 280 g/mol. The molecule has 0 radical (unpaired) electrons. The highest BCUT2D eigenvalue weighted by atomic mass is 32.1. The predicted octanol–water partition coefficient (Wildman–Crippen LogP) is 3.97. The fraction of sp³-hybridized carbons (Fsp3) is 0.750. The monoisotopic (exact) mass is 280 g/mol. The largest absolute Gasteiger partial charge is 0.307 e. The fourth-order valence-corrected chi connectivity index (χ4v) is 3.87. The van der Waals surface area contributed by atoms with Gasteiger partial charge in [0.25, 0.3) is 0 Å². The van der Waals surface area contributed by atoms with Crippen molar-refractivity contribution in [2.24, 2.45) is 0 Å². The maximum Gasteiger partial charge on any atom is 0.0388 e. The van der Waals surface area contributed by atoms with Crippen molar-refractivity contribution in [2.75, 3.05) is 19.6 Å². The third kappa shape index (κ3) is 4.59. The zero-order chi connectivity index (χ0) is 13.7. The standard InChI is InChI=1S/C16H28N2S/c1-4-10-18-11-5-6-15(9-12-18)17-14(3)16-8-7-13(2)19-16/h7-8,14-15,17H,4-6,9-12H2,1-3H3. The lowest BCUT2D eigenvalue weighted by Crippen LogP contribution is -2.32. The van der Waals surface area contributed by atoms with E-state index in [0.29, 0.717) is 12.1 Å². The SMILES string of the molecule is CCCN1CCCC(NC(C)c2ccc(C)s2)CC1. The Kier molecular flexibility index (Phi) is 5.86. The minimum Gasteiger partial charge on any atom is -0.307 e. The Morgan fingerprint density at radius 2 is 2.21 bits per heavy atom. The highest BCUT2D eigenvalue weighted by molar-refractivity contribution is 7.12. The quantitative estimate of drug-likeness (QED) is 0.878. The summed E-state index contributed by atoms with van der Waals surface area (Å²) < 4.78 is 0. The summed E-state index contributed by atoms with van der Waals surface area (Å²) in [5.41, 5.74) is 0. The highest BCUT2D eigenvalue weighted by Crippen LogP contribution is 2.24. The molecule has 1 aliphatic rings. The number of hydrogen-bond acceptors (Lipinski definition) is 3. The van der Waals surface area contributed by atoms with E-state index in [4.69, 9.17) is 0 Å². The van der Waals surface area contributed by atoms with Crippen LogP contribution >= 0.6 is 11.3 Å². The number of nitrogens with one attached hydrogen (secondary N) is 1. The van der Waals surface area contributed by atoms with E-state index in [1.54, 1.807) is 0 Å². The molecule has 0 aromatic carbocycles. The second kappa shape index (κ2) is 7.41. The van der Waals surface area contributed by atoms with Gasteiger partial charge >= 0.3 is 0 Å². The Labute approximate surface area is 122 Å². The minimum atomic E-state index is 0.501. The van der Waals surface area contributed by atoms with E-state index in [1.165, 1.54) is 55.1 Å². The molecule has 1 N–H and O–H groups in total. The van der Waals surface area contributed by atoms with Gasteiger partial charge in [0.05, 0.1) is 0 Å². The van der Waals surface area contributed by atoms with Crippen molar-refractivity contribution in [2.45, 2.75) is 58.5 Å². The van der Waals surface area contributed by atoms with Crippen LogP contribution in [0.15, 0.2) is 12.1 Å². The van der Waals surface area contributed by atoms with Crippen molar-refractivity contribution < 1.29 is 0 Å². The molecule has 2 heterocycles. The minimum absolute atomic E-state index is 0.501. The lowest BCUT2D eigenvalue weighted by atomic mass is 10.1. The Bertz CT molecular complexity index is 375. The molecular formula is C16H28N2S. The number of aryl methyl sites for hydroxylation is 1. The van der Waals surface area contributed by atoms with Gasteiger partial charge in [-0.3, -0.25) is 0 Å². The molecule has 1 aromatic heterocycles. The Hall–Kier alpha value is -0.380. The van der Waals surface area contributed by atoms with E-state index in [1.807, 2.05) is 11.3 Å². The van der Waals surface area contributed by atoms with Gasteiger partial charge in [0.2, 0.25) is 0 Å². The third-order valence-corrected chi connectivity index (χ3v) is 5.22. The first-order valence-electron chi connectivity index (χ1n) is 7.73. The Morgan fingerprint density at radius 1 is 1.37 bits per heavy atom. The summed E-state index contributed by atoms with van der Waals surface area (Å²) in [7, 11) is 0. The van der Waals surface area contributed by atoms with Gasteiger partial charge in [-0.15, -0.1) is 11.3 Å². The molecule has 19 heavy (non-hydrogen) atoms. The first-order chi connectivity index (χ1) is 9.19. The van der Waals surface area contributed by atoms with Gasteiger partial charge in [0.1, 0.15) is 0 Å². The molecule has 2 rings (SSSR count). The van der Waals surface area contributed by atoms with Gasteiger partial charge in [-0.1, -0.05) is 6.92 Å². The van der Waals surface area contributed by atoms with Crippen molar-refractivity contribution in [1.29, 1.82) is 0 Å². The van der Waals surface area contributed by atoms with Crippen LogP contribution in [0.4, 0.5) is 0 Å². The lowest BCUT2D eigenvalue weighted by Gasteiger charge is -2.22. The molecular weight excluding hydrogens is 252 g/mol. The molecule has 0 spiro atoms. The summed E-state index contributed by atoms with van der Waals surface area (Å²) in [4.78, 5) is 5.52. The van der Waals surface area contributed by atoms with Crippen LogP contribution in [-0.4, -0.2) is 30.6 Å². The summed E-state index contributed by atoms with van der Waals surface area (Å²) >= 11 is 1.93. The van der Waals surface area contributed by atoms with E-state index in [0.717, 1.165) is 0 Å². The van der Waals surface area contributed by atoms with E-state index in [-0.39, 0.29) is 0 Å². The van der Waals surface area contributed by atoms with Gasteiger partial charge in [-0.2, -0.15) is 0 Å². The van der Waals surface area contributed by atoms with Gasteiger partial charge < -0.3 is 10.2 Å². The molecule has 108 valence electrons. The molecule has 2 nitrogen and oxygen atoms in total. The second-order valence-corrected chi connectivity index (χ2v) is 7.13. The van der Waals surface area contributed by atoms with Crippen LogP contribution in [0.5, 0.6) is 0 Å². The molecule has 1 aliphatic heterocycles. The molecule has 2 atom stereocenters. The van der Waals surface area contributed by atoms with Crippen molar-refractivity contribution in [3.63, 3.8) is 0 Å². The van der Waals surface area contributed by atoms with Crippen molar-refractivity contribution in [1.82, 2.24) is 10.2 Å². The molecule has 0 aliphatic carbocycles. The lowest BCUT2D eigenvalue weighted by molar-refractivity contribution is 0.281. The van der Waals surface area contributed by atoms with Crippen LogP contribution in [0.2, 0.25) is 0 Å². The van der Waals surface area contributed by atoms with Gasteiger partial charge in [0, 0.05) is 21.8 Å². The van der Waals surface area contributed by atoms with Crippen LogP contribution in [0.3, 0.4) is 0 Å². The van der Waals surface area contributed by atoms with Crippen LogP contribution in [0.25, 0.3) is 0 Å². The van der Waals surface area contributed by atoms with Crippen LogP contribution < -0.4 is 5.32 Å². The van der Waals surface area contributed by atoms with Crippen LogP contribution in [0.1, 0.15) is 55.3 Å². The summed E-state index contributed by atoms with van der Waals surface area (Å²) in [6.45, 7) is 10.6. The van der Waals surface area contributed by atoms with Crippen molar-refractivity contribution >= 4 is 11.3 Å². The van der Waals surface area contributed by atoms with Gasteiger partial charge in [0.15, 0.2) is 0 Å². The Balaban J connectivity index is 1.82. The first kappa shape index (κ1) is 15.0. The zero-order valence-electron chi connectivity index (χ0n) is 12.6. The van der Waals surface area contributed by atoms with E-state index >= 15 is 0 Å². The van der Waals surface area contributed by atoms with Crippen LogP contribution in [-0.2, 0) is 0 Å². The second-order valence-electron chi connectivity index (χ2n) is 5.81. The van der Waals surface area contributed by atoms with Crippen LogP contribution in [0, 0.1) is 6.92 Å². The van der Waals surface area contributed by atoms with Gasteiger partial charge in [-0.25, -0.2) is 0 Å². The smallest absolute Gasteiger partial charge is 0.0388 e. The van der Waals surface area contributed by atoms with E-state index < -0.39 is 0 Å². The summed E-state index contributed by atoms with van der Waals surface area (Å²) in [6.07, 6.45) is 5.25. The molecule has 3 heteroatoms. The predicted molar refractivity (Wildman–Crippen MR) is 85.0 cm³/mol. The molecule has 1 saturated heterocycles. The summed E-state index contributed by atoms with van der Waals surface area (Å²) in [5, 5.41) is 3.83. The fourth-order valence-electron chi connectivity index (χ4n) is 2.98. The van der Waals surface area contributed by atoms with Crippen molar-refractivity contribution in [3.05, 3.63) is 21.9 Å². The number of rotatable bonds is 5. The summed E-state index contributed by atoms with van der Waals surface area (Å²) in [5.74, 6) is 0. The molecule has 0 amide bonds. The van der Waals surface area contributed by atoms with Crippen molar-refractivity contribution in [3.8, 4) is 0 Å². The molecule has 0 bridgehead atoms. The maximum atomic E-state index is 3.83. The summed E-state index contributed by atoms with van der Waals surface area (Å²) in [6, 6.07) is 5.70. The number of likely N-dealkylation sites (tertiary alicyclic amines) is 1.